The molecule has 10 heteroatoms. The summed E-state index contributed by atoms with van der Waals surface area (Å²) < 4.78 is 5.12. The van der Waals surface area contributed by atoms with E-state index >= 15 is 0 Å². The lowest BCUT2D eigenvalue weighted by Crippen LogP contribution is -2.27. The molecule has 1 heterocycles. The zero-order chi connectivity index (χ0) is 23.4. The van der Waals surface area contributed by atoms with Crippen LogP contribution >= 0.6 is 34.5 Å². The molecular weight excluding hydrogens is 477 g/mol. The van der Waals surface area contributed by atoms with E-state index in [1.165, 1.54) is 6.92 Å². The van der Waals surface area contributed by atoms with Crippen molar-refractivity contribution in [1.29, 1.82) is 0 Å². The standard InChI is InChI=1S/C22H17Cl2NO6S/c1-12(26)25(16-7-5-15(23)6-8-16)10-13-3-2-4-14(9-13)20-18(24)19(31-11-17(27)28)21(32-20)22(29)30/h2-9H,10-11H2,1H3,(H,27,28)(H,29,30). The van der Waals surface area contributed by atoms with E-state index in [1.807, 2.05) is 6.07 Å². The Labute approximate surface area is 197 Å². The van der Waals surface area contributed by atoms with E-state index in [0.717, 1.165) is 16.9 Å². The molecule has 0 aliphatic rings. The molecule has 32 heavy (non-hydrogen) atoms. The number of hydrogen-bond donors (Lipinski definition) is 2. The maximum Gasteiger partial charge on any atom is 0.349 e. The molecule has 0 aliphatic carbocycles. The average molecular weight is 494 g/mol. The molecule has 0 bridgehead atoms. The first-order chi connectivity index (χ1) is 15.2. The van der Waals surface area contributed by atoms with Crippen LogP contribution in [0.2, 0.25) is 10.0 Å². The van der Waals surface area contributed by atoms with Crippen molar-refractivity contribution in [3.05, 3.63) is 69.0 Å². The number of carbonyl (C=O) groups is 3. The van der Waals surface area contributed by atoms with Crippen LogP contribution in [0.25, 0.3) is 10.4 Å². The van der Waals surface area contributed by atoms with E-state index in [1.54, 1.807) is 47.4 Å². The Bertz CT molecular complexity index is 1180. The topological polar surface area (TPSA) is 104 Å². The minimum Gasteiger partial charge on any atom is -0.479 e. The third kappa shape index (κ3) is 5.40. The fourth-order valence-electron chi connectivity index (χ4n) is 2.98. The van der Waals surface area contributed by atoms with Gasteiger partial charge in [0.15, 0.2) is 17.2 Å². The first kappa shape index (κ1) is 23.6. The summed E-state index contributed by atoms with van der Waals surface area (Å²) in [5, 5.41) is 18.9. The summed E-state index contributed by atoms with van der Waals surface area (Å²) in [7, 11) is 0. The van der Waals surface area contributed by atoms with Crippen molar-refractivity contribution in [2.24, 2.45) is 0 Å². The van der Waals surface area contributed by atoms with Crippen molar-refractivity contribution in [2.75, 3.05) is 11.5 Å². The number of amides is 1. The zero-order valence-corrected chi connectivity index (χ0v) is 19.0. The Kier molecular flexibility index (Phi) is 7.40. The number of thiophene rings is 1. The monoisotopic (exact) mass is 493 g/mol. The Morgan fingerprint density at radius 1 is 1.06 bits per heavy atom. The Morgan fingerprint density at radius 2 is 1.75 bits per heavy atom. The predicted molar refractivity (Wildman–Crippen MR) is 123 cm³/mol. The van der Waals surface area contributed by atoms with E-state index in [0.29, 0.717) is 21.2 Å². The summed E-state index contributed by atoms with van der Waals surface area (Å²) in [5.74, 6) is -2.87. The van der Waals surface area contributed by atoms with Gasteiger partial charge in [0, 0.05) is 17.6 Å². The Hall–Kier alpha value is -3.07. The zero-order valence-electron chi connectivity index (χ0n) is 16.7. The van der Waals surface area contributed by atoms with Gasteiger partial charge >= 0.3 is 11.9 Å². The fraction of sp³-hybridized carbons (Fsp3) is 0.136. The second-order valence-corrected chi connectivity index (χ2v) is 8.51. The number of carbonyl (C=O) groups excluding carboxylic acids is 1. The number of halogens is 2. The Morgan fingerprint density at radius 3 is 2.34 bits per heavy atom. The minimum absolute atomic E-state index is 0.0203. The van der Waals surface area contributed by atoms with Crippen LogP contribution in [-0.4, -0.2) is 34.7 Å². The molecule has 0 radical (unpaired) electrons. The lowest BCUT2D eigenvalue weighted by molar-refractivity contribution is -0.139. The van der Waals surface area contributed by atoms with Gasteiger partial charge in [-0.3, -0.25) is 4.79 Å². The lowest BCUT2D eigenvalue weighted by atomic mass is 10.1. The molecule has 166 valence electrons. The summed E-state index contributed by atoms with van der Waals surface area (Å²) in [6.07, 6.45) is 0. The van der Waals surface area contributed by atoms with Crippen molar-refractivity contribution in [2.45, 2.75) is 13.5 Å². The van der Waals surface area contributed by atoms with Gasteiger partial charge in [-0.1, -0.05) is 41.4 Å². The van der Waals surface area contributed by atoms with Crippen molar-refractivity contribution >= 4 is 58.1 Å². The van der Waals surface area contributed by atoms with Gasteiger partial charge < -0.3 is 19.8 Å². The molecule has 2 N–H and O–H groups in total. The highest BCUT2D eigenvalue weighted by molar-refractivity contribution is 7.18. The molecule has 7 nitrogen and oxygen atoms in total. The van der Waals surface area contributed by atoms with Crippen LogP contribution in [0.4, 0.5) is 5.69 Å². The van der Waals surface area contributed by atoms with Gasteiger partial charge in [-0.25, -0.2) is 9.59 Å². The second-order valence-electron chi connectivity index (χ2n) is 6.67. The third-order valence-electron chi connectivity index (χ3n) is 4.39. The van der Waals surface area contributed by atoms with Crippen LogP contribution in [0.5, 0.6) is 5.75 Å². The maximum atomic E-state index is 12.2. The fourth-order valence-corrected chi connectivity index (χ4v) is 4.51. The van der Waals surface area contributed by atoms with E-state index in [9.17, 15) is 19.5 Å². The largest absolute Gasteiger partial charge is 0.479 e. The third-order valence-corrected chi connectivity index (χ3v) is 6.32. The molecule has 1 amide bonds. The van der Waals surface area contributed by atoms with Crippen molar-refractivity contribution < 1.29 is 29.3 Å². The molecule has 3 aromatic rings. The quantitative estimate of drug-likeness (QED) is 0.433. The summed E-state index contributed by atoms with van der Waals surface area (Å²) in [6.45, 7) is 1.01. The highest BCUT2D eigenvalue weighted by Gasteiger charge is 2.25. The van der Waals surface area contributed by atoms with Crippen LogP contribution in [0.15, 0.2) is 48.5 Å². The molecule has 0 unspecified atom stereocenters. The van der Waals surface area contributed by atoms with Crippen LogP contribution in [0, 0.1) is 0 Å². The molecule has 0 atom stereocenters. The van der Waals surface area contributed by atoms with Gasteiger partial charge in [-0.05, 0) is 41.5 Å². The molecule has 3 rings (SSSR count). The van der Waals surface area contributed by atoms with Gasteiger partial charge in [0.05, 0.1) is 11.4 Å². The van der Waals surface area contributed by atoms with Crippen molar-refractivity contribution in [1.82, 2.24) is 0 Å². The van der Waals surface area contributed by atoms with Gasteiger partial charge in [0.25, 0.3) is 0 Å². The van der Waals surface area contributed by atoms with Crippen LogP contribution < -0.4 is 9.64 Å². The number of anilines is 1. The maximum absolute atomic E-state index is 12.2. The van der Waals surface area contributed by atoms with Crippen molar-refractivity contribution in [3.63, 3.8) is 0 Å². The average Bonchev–Trinajstić information content (AvgIpc) is 3.08. The second kappa shape index (κ2) is 10.0. The normalized spacial score (nSPS) is 10.6. The first-order valence-electron chi connectivity index (χ1n) is 9.20. The van der Waals surface area contributed by atoms with E-state index < -0.39 is 18.5 Å². The highest BCUT2D eigenvalue weighted by atomic mass is 35.5. The van der Waals surface area contributed by atoms with Crippen LogP contribution in [-0.2, 0) is 16.1 Å². The van der Waals surface area contributed by atoms with Gasteiger partial charge in [-0.15, -0.1) is 11.3 Å². The molecular formula is C22H17Cl2NO6S. The first-order valence-corrected chi connectivity index (χ1v) is 10.8. The molecule has 2 aromatic carbocycles. The summed E-state index contributed by atoms with van der Waals surface area (Å²) in [6, 6.07) is 14.0. The predicted octanol–water partition coefficient (Wildman–Crippen LogP) is 5.44. The van der Waals surface area contributed by atoms with Crippen LogP contribution in [0.3, 0.4) is 0 Å². The van der Waals surface area contributed by atoms with E-state index in [-0.39, 0.29) is 28.1 Å². The number of aliphatic carboxylic acids is 1. The van der Waals surface area contributed by atoms with Gasteiger partial charge in [0.2, 0.25) is 5.91 Å². The van der Waals surface area contributed by atoms with Crippen molar-refractivity contribution in [3.8, 4) is 16.2 Å². The van der Waals surface area contributed by atoms with Gasteiger partial charge in [0.1, 0.15) is 5.02 Å². The number of aromatic carboxylic acids is 1. The SMILES string of the molecule is CC(=O)N(Cc1cccc(-c2sc(C(=O)O)c(OCC(=O)O)c2Cl)c1)c1ccc(Cl)cc1. The van der Waals surface area contributed by atoms with Crippen LogP contribution in [0.1, 0.15) is 22.2 Å². The minimum atomic E-state index is -1.27. The van der Waals surface area contributed by atoms with E-state index in [2.05, 4.69) is 0 Å². The highest BCUT2D eigenvalue weighted by Crippen LogP contribution is 2.45. The number of ether oxygens (including phenoxy) is 1. The molecule has 0 spiro atoms. The number of benzene rings is 2. The number of carboxylic acids is 2. The van der Waals surface area contributed by atoms with Gasteiger partial charge in [-0.2, -0.15) is 0 Å². The van der Waals surface area contributed by atoms with E-state index in [4.69, 9.17) is 33.0 Å². The number of rotatable bonds is 8. The number of carboxylic acid groups (broad SMARTS) is 2. The molecule has 1 aromatic heterocycles. The smallest absolute Gasteiger partial charge is 0.349 e. The molecule has 0 saturated heterocycles. The summed E-state index contributed by atoms with van der Waals surface area (Å²) in [4.78, 5) is 36.5. The number of hydrogen-bond acceptors (Lipinski definition) is 5. The summed E-state index contributed by atoms with van der Waals surface area (Å²) >= 11 is 13.2. The number of nitrogens with zero attached hydrogens (tertiary/aromatic N) is 1. The molecule has 0 aliphatic heterocycles. The molecule has 0 saturated carbocycles. The lowest BCUT2D eigenvalue weighted by Gasteiger charge is -2.21. The Balaban J connectivity index is 1.95. The molecule has 0 fully saturated rings. The summed E-state index contributed by atoms with van der Waals surface area (Å²) in [5.41, 5.74) is 2.07.